The Morgan fingerprint density at radius 1 is 0.892 bits per heavy atom. The van der Waals surface area contributed by atoms with E-state index >= 15 is 0 Å². The number of benzene rings is 3. The molecule has 1 atom stereocenters. The minimum atomic E-state index is -1.34. The number of hydrogen-bond donors (Lipinski definition) is 1. The van der Waals surface area contributed by atoms with Crippen molar-refractivity contribution in [2.45, 2.75) is 37.9 Å². The molecule has 2 aliphatic rings. The molecule has 1 unspecified atom stereocenters. The van der Waals surface area contributed by atoms with Gasteiger partial charge in [0.25, 0.3) is 0 Å². The molecule has 0 spiro atoms. The molecule has 5 rings (SSSR count). The maximum absolute atomic E-state index is 13.6. The van der Waals surface area contributed by atoms with Gasteiger partial charge in [0.15, 0.2) is 0 Å². The van der Waals surface area contributed by atoms with E-state index in [9.17, 15) is 18.7 Å². The fourth-order valence-electron chi connectivity index (χ4n) is 5.55. The van der Waals surface area contributed by atoms with Gasteiger partial charge in [-0.05, 0) is 92.7 Å². The topological polar surface area (TPSA) is 53.0 Å². The van der Waals surface area contributed by atoms with Crippen LogP contribution in [0.25, 0.3) is 0 Å². The Hall–Kier alpha value is -3.29. The van der Waals surface area contributed by atoms with Crippen LogP contribution in [0.3, 0.4) is 0 Å². The molecule has 3 aromatic carbocycles. The number of aryl methyl sites for hydroxylation is 1. The molecule has 37 heavy (non-hydrogen) atoms. The minimum Gasteiger partial charge on any atom is -0.444 e. The SMILES string of the molecule is Cc1ccc(N2CC(CCN3CCC(C(O)(c4ccc(F)cc4)c4ccc(F)cc4)CC3)OC2=O)cc1. The molecule has 5 nitrogen and oxygen atoms in total. The summed E-state index contributed by atoms with van der Waals surface area (Å²) < 4.78 is 32.9. The van der Waals surface area contributed by atoms with Gasteiger partial charge < -0.3 is 14.7 Å². The summed E-state index contributed by atoms with van der Waals surface area (Å²) in [6, 6.07) is 19.7. The molecule has 0 bridgehead atoms. The molecular weight excluding hydrogens is 474 g/mol. The van der Waals surface area contributed by atoms with E-state index in [0.29, 0.717) is 17.7 Å². The Morgan fingerprint density at radius 2 is 1.43 bits per heavy atom. The van der Waals surface area contributed by atoms with Gasteiger partial charge in [0.05, 0.1) is 6.54 Å². The molecular formula is C30H32F2N2O3. The molecule has 2 aliphatic heterocycles. The normalized spacial score (nSPS) is 19.3. The van der Waals surface area contributed by atoms with Crippen molar-refractivity contribution in [2.24, 2.45) is 5.92 Å². The number of likely N-dealkylation sites (tertiary alicyclic amines) is 1. The number of rotatable bonds is 7. The lowest BCUT2D eigenvalue weighted by Gasteiger charge is -2.42. The van der Waals surface area contributed by atoms with Gasteiger partial charge in [0.1, 0.15) is 23.3 Å². The van der Waals surface area contributed by atoms with Crippen LogP contribution in [-0.4, -0.2) is 48.4 Å². The highest BCUT2D eigenvalue weighted by atomic mass is 19.1. The van der Waals surface area contributed by atoms with Crippen LogP contribution in [0.15, 0.2) is 72.8 Å². The third-order valence-corrected chi connectivity index (χ3v) is 7.73. The monoisotopic (exact) mass is 506 g/mol. The quantitative estimate of drug-likeness (QED) is 0.451. The molecule has 0 saturated carbocycles. The van der Waals surface area contributed by atoms with Gasteiger partial charge in [-0.15, -0.1) is 0 Å². The number of amides is 1. The first kappa shape index (κ1) is 25.4. The lowest BCUT2D eigenvalue weighted by Crippen LogP contribution is -2.44. The van der Waals surface area contributed by atoms with E-state index in [1.54, 1.807) is 29.2 Å². The average molecular weight is 507 g/mol. The Kier molecular flexibility index (Phi) is 7.26. The number of hydrogen-bond acceptors (Lipinski definition) is 4. The molecule has 1 N–H and O–H groups in total. The standard InChI is InChI=1S/C30H32F2N2O3/c1-21-2-12-27(13-3-21)34-20-28(37-29(34)35)16-19-33-17-14-24(15-18-33)30(36,22-4-8-25(31)9-5-22)23-6-10-26(32)11-7-23/h2-13,24,28,36H,14-20H2,1H3. The molecule has 0 aliphatic carbocycles. The lowest BCUT2D eigenvalue weighted by atomic mass is 9.72. The Bertz CT molecular complexity index is 1160. The first-order chi connectivity index (χ1) is 17.8. The fraction of sp³-hybridized carbons (Fsp3) is 0.367. The number of aliphatic hydroxyl groups is 1. The van der Waals surface area contributed by atoms with Crippen LogP contribution in [-0.2, 0) is 10.3 Å². The van der Waals surface area contributed by atoms with Crippen molar-refractivity contribution in [1.82, 2.24) is 4.90 Å². The summed E-state index contributed by atoms with van der Waals surface area (Å²) in [6.45, 7) is 4.89. The number of halogens is 2. The van der Waals surface area contributed by atoms with Crippen LogP contribution in [0.4, 0.5) is 19.3 Å². The van der Waals surface area contributed by atoms with Gasteiger partial charge in [-0.1, -0.05) is 42.0 Å². The van der Waals surface area contributed by atoms with Crippen LogP contribution in [0.2, 0.25) is 0 Å². The van der Waals surface area contributed by atoms with Crippen molar-refractivity contribution >= 4 is 11.8 Å². The van der Waals surface area contributed by atoms with E-state index < -0.39 is 5.60 Å². The number of carbonyl (C=O) groups is 1. The van der Waals surface area contributed by atoms with Crippen LogP contribution in [0.1, 0.15) is 36.0 Å². The van der Waals surface area contributed by atoms with Crippen molar-refractivity contribution < 1.29 is 23.4 Å². The average Bonchev–Trinajstić information content (AvgIpc) is 3.29. The molecule has 0 radical (unpaired) electrons. The summed E-state index contributed by atoms with van der Waals surface area (Å²) >= 11 is 0. The van der Waals surface area contributed by atoms with E-state index in [-0.39, 0.29) is 29.7 Å². The molecule has 0 aromatic heterocycles. The lowest BCUT2D eigenvalue weighted by molar-refractivity contribution is -0.0155. The summed E-state index contributed by atoms with van der Waals surface area (Å²) in [7, 11) is 0. The first-order valence-electron chi connectivity index (χ1n) is 12.8. The summed E-state index contributed by atoms with van der Waals surface area (Å²) in [6.07, 6.45) is 1.72. The maximum atomic E-state index is 13.6. The zero-order valence-corrected chi connectivity index (χ0v) is 20.9. The first-order valence-corrected chi connectivity index (χ1v) is 12.8. The van der Waals surface area contributed by atoms with Gasteiger partial charge in [-0.25, -0.2) is 13.6 Å². The maximum Gasteiger partial charge on any atom is 0.414 e. The summed E-state index contributed by atoms with van der Waals surface area (Å²) in [5.74, 6) is -0.844. The van der Waals surface area contributed by atoms with E-state index in [2.05, 4.69) is 4.90 Å². The molecule has 2 saturated heterocycles. The van der Waals surface area contributed by atoms with E-state index in [0.717, 1.165) is 50.1 Å². The largest absolute Gasteiger partial charge is 0.444 e. The zero-order valence-electron chi connectivity index (χ0n) is 20.9. The van der Waals surface area contributed by atoms with E-state index in [1.807, 2.05) is 31.2 Å². The van der Waals surface area contributed by atoms with Crippen LogP contribution in [0.5, 0.6) is 0 Å². The summed E-state index contributed by atoms with van der Waals surface area (Å²) in [5.41, 5.74) is 1.85. The highest BCUT2D eigenvalue weighted by Crippen LogP contribution is 2.42. The van der Waals surface area contributed by atoms with Gasteiger partial charge >= 0.3 is 6.09 Å². The van der Waals surface area contributed by atoms with E-state index in [4.69, 9.17) is 4.74 Å². The molecule has 1 amide bonds. The second-order valence-corrected chi connectivity index (χ2v) is 10.1. The number of piperidine rings is 1. The van der Waals surface area contributed by atoms with Gasteiger partial charge in [0.2, 0.25) is 0 Å². The van der Waals surface area contributed by atoms with Gasteiger partial charge in [-0.2, -0.15) is 0 Å². The second kappa shape index (κ2) is 10.6. The van der Waals surface area contributed by atoms with Crippen LogP contribution < -0.4 is 4.90 Å². The number of anilines is 1. The molecule has 2 fully saturated rings. The molecule has 2 heterocycles. The smallest absolute Gasteiger partial charge is 0.414 e. The third-order valence-electron chi connectivity index (χ3n) is 7.73. The van der Waals surface area contributed by atoms with E-state index in [1.165, 1.54) is 24.3 Å². The highest BCUT2D eigenvalue weighted by Gasteiger charge is 2.42. The Labute approximate surface area is 216 Å². The Balaban J connectivity index is 1.21. The fourth-order valence-corrected chi connectivity index (χ4v) is 5.55. The van der Waals surface area contributed by atoms with Crippen molar-refractivity contribution in [1.29, 1.82) is 0 Å². The van der Waals surface area contributed by atoms with Gasteiger partial charge in [0, 0.05) is 12.2 Å². The molecule has 7 heteroatoms. The minimum absolute atomic E-state index is 0.110. The molecule has 194 valence electrons. The zero-order chi connectivity index (χ0) is 26.0. The highest BCUT2D eigenvalue weighted by molar-refractivity contribution is 5.89. The van der Waals surface area contributed by atoms with Crippen molar-refractivity contribution in [3.8, 4) is 0 Å². The number of carbonyl (C=O) groups excluding carboxylic acids is 1. The third kappa shape index (κ3) is 5.38. The predicted molar refractivity (Wildman–Crippen MR) is 138 cm³/mol. The number of cyclic esters (lactones) is 1. The van der Waals surface area contributed by atoms with Crippen LogP contribution in [0, 0.1) is 24.5 Å². The van der Waals surface area contributed by atoms with Crippen molar-refractivity contribution in [3.63, 3.8) is 0 Å². The summed E-state index contributed by atoms with van der Waals surface area (Å²) in [5, 5.41) is 12.0. The summed E-state index contributed by atoms with van der Waals surface area (Å²) in [4.78, 5) is 16.4. The predicted octanol–water partition coefficient (Wildman–Crippen LogP) is 5.64. The van der Waals surface area contributed by atoms with Gasteiger partial charge in [-0.3, -0.25) is 4.90 Å². The van der Waals surface area contributed by atoms with Crippen molar-refractivity contribution in [3.05, 3.63) is 101 Å². The number of ether oxygens (including phenoxy) is 1. The number of nitrogens with zero attached hydrogens (tertiary/aromatic N) is 2. The molecule has 3 aromatic rings. The second-order valence-electron chi connectivity index (χ2n) is 10.1. The van der Waals surface area contributed by atoms with Crippen molar-refractivity contribution in [2.75, 3.05) is 31.1 Å². The van der Waals surface area contributed by atoms with Crippen LogP contribution >= 0.6 is 0 Å². The Morgan fingerprint density at radius 3 is 1.97 bits per heavy atom.